The number of imide groups is 1. The number of fused-ring (bicyclic) bond motifs is 5. The van der Waals surface area contributed by atoms with Gasteiger partial charge < -0.3 is 0 Å². The number of carbonyl (C=O) groups is 4. The summed E-state index contributed by atoms with van der Waals surface area (Å²) in [5, 5.41) is 2.46. The summed E-state index contributed by atoms with van der Waals surface area (Å²) in [6.45, 7) is 1.52. The average molecular weight is 451 g/mol. The summed E-state index contributed by atoms with van der Waals surface area (Å²) in [7, 11) is 0. The Balaban J connectivity index is 1.49. The van der Waals surface area contributed by atoms with Crippen molar-refractivity contribution in [3.63, 3.8) is 0 Å². The van der Waals surface area contributed by atoms with Crippen LogP contribution in [0, 0.1) is 30.6 Å². The second-order valence-corrected chi connectivity index (χ2v) is 9.47. The summed E-state index contributed by atoms with van der Waals surface area (Å²) in [5.74, 6) is -2.01. The third-order valence-corrected chi connectivity index (χ3v) is 7.39. The summed E-state index contributed by atoms with van der Waals surface area (Å²) in [5.41, 5.74) is 1.68. The van der Waals surface area contributed by atoms with Gasteiger partial charge in [-0.3, -0.25) is 19.2 Å². The van der Waals surface area contributed by atoms with E-state index in [0.29, 0.717) is 10.6 Å². The topological polar surface area (TPSA) is 74.8 Å². The van der Waals surface area contributed by atoms with Crippen molar-refractivity contribution in [3.8, 4) is 0 Å². The molecule has 2 bridgehead atoms. The smallest absolute Gasteiger partial charge is 0.273 e. The number of halogens is 1. The van der Waals surface area contributed by atoms with Crippen LogP contribution < -0.4 is 0 Å². The van der Waals surface area contributed by atoms with Crippen LogP contribution in [0.4, 0.5) is 0 Å². The summed E-state index contributed by atoms with van der Waals surface area (Å²) >= 11 is 5.95. The zero-order valence-electron chi connectivity index (χ0n) is 17.7. The van der Waals surface area contributed by atoms with Gasteiger partial charge in [0.2, 0.25) is 0 Å². The lowest BCUT2D eigenvalue weighted by atomic mass is 9.81. The molecule has 0 unspecified atom stereocenters. The molecular formula is C25H23ClN2O4. The van der Waals surface area contributed by atoms with Crippen molar-refractivity contribution < 1.29 is 19.2 Å². The minimum Gasteiger partial charge on any atom is -0.292 e. The van der Waals surface area contributed by atoms with Gasteiger partial charge in [-0.1, -0.05) is 41.4 Å². The van der Waals surface area contributed by atoms with E-state index in [1.54, 1.807) is 24.3 Å². The van der Waals surface area contributed by atoms with Crippen molar-refractivity contribution in [1.29, 1.82) is 0 Å². The molecule has 0 N–H and O–H groups in total. The molecule has 6 nitrogen and oxygen atoms in total. The Hall–Kier alpha value is -2.99. The zero-order valence-corrected chi connectivity index (χ0v) is 18.4. The molecule has 3 amide bonds. The third-order valence-electron chi connectivity index (χ3n) is 7.14. The lowest BCUT2D eigenvalue weighted by molar-refractivity contribution is -0.154. The molecule has 7 heteroatoms. The number of amides is 3. The first-order valence-electron chi connectivity index (χ1n) is 10.9. The third kappa shape index (κ3) is 3.34. The van der Waals surface area contributed by atoms with Crippen molar-refractivity contribution >= 4 is 35.1 Å². The van der Waals surface area contributed by atoms with Gasteiger partial charge in [-0.25, -0.2) is 5.01 Å². The van der Waals surface area contributed by atoms with Gasteiger partial charge in [0.05, 0.1) is 11.8 Å². The van der Waals surface area contributed by atoms with E-state index in [2.05, 4.69) is 0 Å². The Labute approximate surface area is 191 Å². The first-order chi connectivity index (χ1) is 15.3. The van der Waals surface area contributed by atoms with Gasteiger partial charge in [0.1, 0.15) is 6.54 Å². The van der Waals surface area contributed by atoms with E-state index < -0.39 is 12.5 Å². The first kappa shape index (κ1) is 20.9. The molecule has 3 aliphatic rings. The van der Waals surface area contributed by atoms with E-state index in [-0.39, 0.29) is 46.8 Å². The molecule has 1 aliphatic heterocycles. The number of nitrogens with zero attached hydrogens (tertiary/aromatic N) is 2. The minimum absolute atomic E-state index is 0.187. The van der Waals surface area contributed by atoms with Crippen LogP contribution in [0.25, 0.3) is 0 Å². The van der Waals surface area contributed by atoms with Crippen LogP contribution in [0.15, 0.2) is 48.5 Å². The largest absolute Gasteiger partial charge is 0.292 e. The fourth-order valence-electron chi connectivity index (χ4n) is 5.57. The van der Waals surface area contributed by atoms with Crippen LogP contribution in [-0.4, -0.2) is 40.1 Å². The van der Waals surface area contributed by atoms with Crippen LogP contribution >= 0.6 is 11.6 Å². The average Bonchev–Trinajstić information content (AvgIpc) is 3.47. The SMILES string of the molecule is Cc1ccc(C(=O)CN(C(=O)c2ccc(Cl)cc2)N2C(=O)[C@@H]3[C@H]4CC[C@@H](C4)[C@H]3C2=O)cc1. The van der Waals surface area contributed by atoms with E-state index in [1.807, 2.05) is 19.1 Å². The molecule has 0 aromatic heterocycles. The molecule has 2 aromatic carbocycles. The fraction of sp³-hybridized carbons (Fsp3) is 0.360. The highest BCUT2D eigenvalue weighted by Gasteiger charge is 2.62. The Kier molecular flexibility index (Phi) is 5.13. The summed E-state index contributed by atoms with van der Waals surface area (Å²) in [6, 6.07) is 13.2. The second kappa shape index (κ2) is 7.85. The molecule has 1 saturated heterocycles. The Morgan fingerprint density at radius 1 is 0.906 bits per heavy atom. The van der Waals surface area contributed by atoms with Crippen molar-refractivity contribution in [2.24, 2.45) is 23.7 Å². The van der Waals surface area contributed by atoms with E-state index in [4.69, 9.17) is 11.6 Å². The van der Waals surface area contributed by atoms with E-state index in [1.165, 1.54) is 12.1 Å². The van der Waals surface area contributed by atoms with E-state index >= 15 is 0 Å². The standard InChI is InChI=1S/C25H23ClN2O4/c1-14-2-4-15(5-3-14)20(29)13-27(23(30)16-8-10-19(26)11-9-16)28-24(31)21-17-6-7-18(12-17)22(21)25(28)32/h2-5,8-11,17-18,21-22H,6-7,12-13H2,1H3/t17-,18-,21+,22+/m0/s1. The quantitative estimate of drug-likeness (QED) is 0.511. The van der Waals surface area contributed by atoms with Gasteiger partial charge in [-0.2, -0.15) is 5.01 Å². The fourth-order valence-corrected chi connectivity index (χ4v) is 5.70. The number of benzene rings is 2. The Morgan fingerprint density at radius 3 is 2.00 bits per heavy atom. The number of carbonyl (C=O) groups excluding carboxylic acids is 4. The van der Waals surface area contributed by atoms with E-state index in [9.17, 15) is 19.2 Å². The summed E-state index contributed by atoms with van der Waals surface area (Å²) in [6.07, 6.45) is 2.77. The highest BCUT2D eigenvalue weighted by Crippen LogP contribution is 2.56. The molecule has 0 radical (unpaired) electrons. The van der Waals surface area contributed by atoms with Gasteiger partial charge in [-0.05, 0) is 62.3 Å². The van der Waals surface area contributed by atoms with Gasteiger partial charge in [-0.15, -0.1) is 0 Å². The van der Waals surface area contributed by atoms with Gasteiger partial charge in [0.15, 0.2) is 5.78 Å². The first-order valence-corrected chi connectivity index (χ1v) is 11.3. The van der Waals surface area contributed by atoms with Crippen molar-refractivity contribution in [2.75, 3.05) is 6.54 Å². The molecule has 1 heterocycles. The minimum atomic E-state index is -0.573. The van der Waals surface area contributed by atoms with Crippen LogP contribution in [0.3, 0.4) is 0 Å². The van der Waals surface area contributed by atoms with Crippen molar-refractivity contribution in [2.45, 2.75) is 26.2 Å². The molecule has 3 fully saturated rings. The lowest BCUT2D eigenvalue weighted by Gasteiger charge is -2.30. The number of hydrazine groups is 1. The van der Waals surface area contributed by atoms with Gasteiger partial charge >= 0.3 is 0 Å². The highest BCUT2D eigenvalue weighted by atomic mass is 35.5. The molecule has 32 heavy (non-hydrogen) atoms. The lowest BCUT2D eigenvalue weighted by Crippen LogP contribution is -2.52. The summed E-state index contributed by atoms with van der Waals surface area (Å²) in [4.78, 5) is 53.2. The maximum atomic E-state index is 13.4. The highest BCUT2D eigenvalue weighted by molar-refractivity contribution is 6.30. The molecule has 2 aliphatic carbocycles. The summed E-state index contributed by atoms with van der Waals surface area (Å²) < 4.78 is 0. The molecule has 164 valence electrons. The number of hydrogen-bond acceptors (Lipinski definition) is 4. The normalized spacial score (nSPS) is 25.9. The van der Waals surface area contributed by atoms with Crippen molar-refractivity contribution in [3.05, 3.63) is 70.2 Å². The Bertz CT molecular complexity index is 1080. The molecule has 2 saturated carbocycles. The molecule has 2 aromatic rings. The second-order valence-electron chi connectivity index (χ2n) is 9.03. The van der Waals surface area contributed by atoms with Gasteiger partial charge in [0.25, 0.3) is 17.7 Å². The number of ketones is 1. The molecule has 4 atom stereocenters. The van der Waals surface area contributed by atoms with Gasteiger partial charge in [0, 0.05) is 16.1 Å². The Morgan fingerprint density at radius 2 is 1.44 bits per heavy atom. The molecular weight excluding hydrogens is 428 g/mol. The number of aryl methyl sites for hydroxylation is 1. The van der Waals surface area contributed by atoms with E-state index in [0.717, 1.165) is 34.8 Å². The maximum absolute atomic E-state index is 13.4. The monoisotopic (exact) mass is 450 g/mol. The zero-order chi connectivity index (χ0) is 22.6. The number of hydrogen-bond donors (Lipinski definition) is 0. The molecule has 0 spiro atoms. The van der Waals surface area contributed by atoms with Crippen LogP contribution in [0.2, 0.25) is 5.02 Å². The van der Waals surface area contributed by atoms with Crippen LogP contribution in [0.5, 0.6) is 0 Å². The molecule has 5 rings (SSSR count). The predicted molar refractivity (Wildman–Crippen MR) is 118 cm³/mol. The van der Waals surface area contributed by atoms with Crippen molar-refractivity contribution in [1.82, 2.24) is 10.0 Å². The predicted octanol–water partition coefficient (Wildman–Crippen LogP) is 3.92. The number of Topliss-reactive ketones (excluding diaryl/α,β-unsaturated/α-hetero) is 1. The van der Waals surface area contributed by atoms with Crippen LogP contribution in [0.1, 0.15) is 45.5 Å². The van der Waals surface area contributed by atoms with Crippen LogP contribution in [-0.2, 0) is 9.59 Å². The number of rotatable bonds is 5. The maximum Gasteiger partial charge on any atom is 0.273 e.